The van der Waals surface area contributed by atoms with Crippen LogP contribution in [0.25, 0.3) is 0 Å². The third kappa shape index (κ3) is 5.61. The smallest absolute Gasteiger partial charge is 0.257 e. The molecule has 24 heavy (non-hydrogen) atoms. The van der Waals surface area contributed by atoms with Gasteiger partial charge in [-0.15, -0.1) is 0 Å². The van der Waals surface area contributed by atoms with Gasteiger partial charge in [-0.1, -0.05) is 13.8 Å². The molecule has 6 nitrogen and oxygen atoms in total. The molecule has 0 saturated heterocycles. The van der Waals surface area contributed by atoms with Crippen molar-refractivity contribution in [2.24, 2.45) is 5.92 Å². The molecule has 0 bridgehead atoms. The van der Waals surface area contributed by atoms with Crippen LogP contribution in [0.5, 0.6) is 0 Å². The van der Waals surface area contributed by atoms with E-state index in [-0.39, 0.29) is 18.2 Å². The van der Waals surface area contributed by atoms with Gasteiger partial charge in [0.2, 0.25) is 5.91 Å². The van der Waals surface area contributed by atoms with E-state index >= 15 is 0 Å². The van der Waals surface area contributed by atoms with E-state index in [9.17, 15) is 9.59 Å². The summed E-state index contributed by atoms with van der Waals surface area (Å²) in [5.74, 6) is 0.969. The molecule has 2 rings (SSSR count). The molecule has 1 N–H and O–H groups in total. The van der Waals surface area contributed by atoms with E-state index in [1.807, 2.05) is 0 Å². The van der Waals surface area contributed by atoms with Crippen LogP contribution in [-0.2, 0) is 11.3 Å². The fraction of sp³-hybridized carbons (Fsp3) is 0.444. The Morgan fingerprint density at radius 3 is 2.67 bits per heavy atom. The van der Waals surface area contributed by atoms with Crippen LogP contribution in [0.15, 0.2) is 45.8 Å². The second kappa shape index (κ2) is 8.96. The lowest BCUT2D eigenvalue weighted by molar-refractivity contribution is -0.121. The topological polar surface area (TPSA) is 75.7 Å². The predicted octanol–water partition coefficient (Wildman–Crippen LogP) is 3.07. The first-order valence-corrected chi connectivity index (χ1v) is 8.17. The number of carbonyl (C=O) groups excluding carboxylic acids is 2. The van der Waals surface area contributed by atoms with Crippen LogP contribution in [0.1, 0.15) is 42.8 Å². The van der Waals surface area contributed by atoms with Gasteiger partial charge in [-0.05, 0) is 30.5 Å². The first kappa shape index (κ1) is 17.8. The molecule has 2 aromatic heterocycles. The van der Waals surface area contributed by atoms with Crippen LogP contribution in [-0.4, -0.2) is 29.8 Å². The minimum Gasteiger partial charge on any atom is -0.472 e. The van der Waals surface area contributed by atoms with E-state index in [1.165, 1.54) is 12.5 Å². The lowest BCUT2D eigenvalue weighted by Crippen LogP contribution is -2.36. The molecule has 0 atom stereocenters. The van der Waals surface area contributed by atoms with Gasteiger partial charge in [0.1, 0.15) is 12.0 Å². The predicted molar refractivity (Wildman–Crippen MR) is 89.2 cm³/mol. The molecule has 0 fully saturated rings. The van der Waals surface area contributed by atoms with Crippen LogP contribution >= 0.6 is 0 Å². The van der Waals surface area contributed by atoms with E-state index in [2.05, 4.69) is 19.2 Å². The van der Waals surface area contributed by atoms with Crippen molar-refractivity contribution in [1.82, 2.24) is 10.2 Å². The Bertz CT molecular complexity index is 618. The molecule has 2 aromatic rings. The van der Waals surface area contributed by atoms with Crippen molar-refractivity contribution in [1.29, 1.82) is 0 Å². The minimum atomic E-state index is -0.110. The van der Waals surface area contributed by atoms with Crippen molar-refractivity contribution < 1.29 is 18.4 Å². The lowest BCUT2D eigenvalue weighted by atomic mass is 10.1. The number of carbonyl (C=O) groups is 2. The normalized spacial score (nSPS) is 10.8. The summed E-state index contributed by atoms with van der Waals surface area (Å²) in [5, 5.41) is 2.79. The summed E-state index contributed by atoms with van der Waals surface area (Å²) in [6, 6.07) is 5.22. The number of rotatable bonds is 9. The summed E-state index contributed by atoms with van der Waals surface area (Å²) in [6.45, 7) is 5.56. The molecule has 0 saturated carbocycles. The summed E-state index contributed by atoms with van der Waals surface area (Å²) in [4.78, 5) is 26.2. The Hall–Kier alpha value is -2.50. The SMILES string of the molecule is CC(C)CCN(CCC(=O)NCc1ccco1)C(=O)c1ccoc1. The van der Waals surface area contributed by atoms with E-state index in [4.69, 9.17) is 8.83 Å². The quantitative estimate of drug-likeness (QED) is 0.766. The summed E-state index contributed by atoms with van der Waals surface area (Å²) >= 11 is 0. The fourth-order valence-corrected chi connectivity index (χ4v) is 2.22. The molecule has 2 heterocycles. The van der Waals surface area contributed by atoms with Gasteiger partial charge < -0.3 is 19.1 Å². The third-order valence-electron chi connectivity index (χ3n) is 3.68. The third-order valence-corrected chi connectivity index (χ3v) is 3.68. The van der Waals surface area contributed by atoms with E-state index < -0.39 is 0 Å². The fourth-order valence-electron chi connectivity index (χ4n) is 2.22. The highest BCUT2D eigenvalue weighted by molar-refractivity contribution is 5.94. The number of furan rings is 2. The molecule has 0 unspecified atom stereocenters. The molecule has 0 aromatic carbocycles. The van der Waals surface area contributed by atoms with Crippen LogP contribution in [0.4, 0.5) is 0 Å². The number of hydrogen-bond acceptors (Lipinski definition) is 4. The zero-order valence-electron chi connectivity index (χ0n) is 14.2. The van der Waals surface area contributed by atoms with Gasteiger partial charge in [-0.2, -0.15) is 0 Å². The molecule has 0 radical (unpaired) electrons. The second-order valence-corrected chi connectivity index (χ2v) is 6.09. The van der Waals surface area contributed by atoms with Gasteiger partial charge in [0, 0.05) is 19.5 Å². The zero-order chi connectivity index (χ0) is 17.4. The van der Waals surface area contributed by atoms with Crippen molar-refractivity contribution in [3.8, 4) is 0 Å². The summed E-state index contributed by atoms with van der Waals surface area (Å²) in [5.41, 5.74) is 0.509. The second-order valence-electron chi connectivity index (χ2n) is 6.09. The van der Waals surface area contributed by atoms with Crippen LogP contribution in [0.2, 0.25) is 0 Å². The first-order valence-electron chi connectivity index (χ1n) is 8.17. The highest BCUT2D eigenvalue weighted by atomic mass is 16.3. The van der Waals surface area contributed by atoms with Crippen LogP contribution < -0.4 is 5.32 Å². The van der Waals surface area contributed by atoms with Crippen molar-refractivity contribution in [3.63, 3.8) is 0 Å². The van der Waals surface area contributed by atoms with Gasteiger partial charge in [0.05, 0.1) is 24.6 Å². The van der Waals surface area contributed by atoms with Crippen molar-refractivity contribution in [3.05, 3.63) is 48.3 Å². The first-order chi connectivity index (χ1) is 11.6. The Morgan fingerprint density at radius 1 is 1.21 bits per heavy atom. The Morgan fingerprint density at radius 2 is 2.04 bits per heavy atom. The largest absolute Gasteiger partial charge is 0.472 e. The van der Waals surface area contributed by atoms with Crippen LogP contribution in [0, 0.1) is 5.92 Å². The Kier molecular flexibility index (Phi) is 6.66. The summed E-state index contributed by atoms with van der Waals surface area (Å²) in [6.07, 6.45) is 5.62. The van der Waals surface area contributed by atoms with Gasteiger partial charge in [-0.25, -0.2) is 0 Å². The Balaban J connectivity index is 1.85. The molecule has 0 aliphatic rings. The number of amides is 2. The maximum atomic E-state index is 12.5. The highest BCUT2D eigenvalue weighted by Crippen LogP contribution is 2.10. The lowest BCUT2D eigenvalue weighted by Gasteiger charge is -2.23. The molecule has 130 valence electrons. The molecule has 0 aliphatic carbocycles. The molecular formula is C18H24N2O4. The van der Waals surface area contributed by atoms with Crippen molar-refractivity contribution in [2.45, 2.75) is 33.2 Å². The van der Waals surface area contributed by atoms with Crippen LogP contribution in [0.3, 0.4) is 0 Å². The van der Waals surface area contributed by atoms with E-state index in [0.717, 1.165) is 6.42 Å². The maximum Gasteiger partial charge on any atom is 0.257 e. The standard InChI is InChI=1S/C18H24N2O4/c1-14(2)5-8-20(18(22)15-7-11-23-13-15)9-6-17(21)19-12-16-4-3-10-24-16/h3-4,7,10-11,13-14H,5-6,8-9,12H2,1-2H3,(H,19,21). The van der Waals surface area contributed by atoms with Crippen molar-refractivity contribution in [2.75, 3.05) is 13.1 Å². The summed E-state index contributed by atoms with van der Waals surface area (Å²) in [7, 11) is 0. The molecule has 0 spiro atoms. The van der Waals surface area contributed by atoms with Gasteiger partial charge in [0.25, 0.3) is 5.91 Å². The van der Waals surface area contributed by atoms with Gasteiger partial charge >= 0.3 is 0 Å². The zero-order valence-corrected chi connectivity index (χ0v) is 14.2. The average molecular weight is 332 g/mol. The molecule has 0 aliphatic heterocycles. The van der Waals surface area contributed by atoms with Crippen molar-refractivity contribution >= 4 is 11.8 Å². The van der Waals surface area contributed by atoms with Gasteiger partial charge in [-0.3, -0.25) is 9.59 Å². The van der Waals surface area contributed by atoms with Gasteiger partial charge in [0.15, 0.2) is 0 Å². The maximum absolute atomic E-state index is 12.5. The average Bonchev–Trinajstić information content (AvgIpc) is 3.25. The van der Waals surface area contributed by atoms with E-state index in [0.29, 0.717) is 36.9 Å². The Labute approximate surface area is 141 Å². The molecule has 6 heteroatoms. The molecule has 2 amide bonds. The number of nitrogens with zero attached hydrogens (tertiary/aromatic N) is 1. The number of nitrogens with one attached hydrogen (secondary N) is 1. The number of hydrogen-bond donors (Lipinski definition) is 1. The monoisotopic (exact) mass is 332 g/mol. The summed E-state index contributed by atoms with van der Waals surface area (Å²) < 4.78 is 10.2. The minimum absolute atomic E-state index is 0.108. The molecular weight excluding hydrogens is 308 g/mol. The highest BCUT2D eigenvalue weighted by Gasteiger charge is 2.18. The van der Waals surface area contributed by atoms with E-state index in [1.54, 1.807) is 29.4 Å².